The Morgan fingerprint density at radius 1 is 1.47 bits per heavy atom. The van der Waals surface area contributed by atoms with Gasteiger partial charge in [0.05, 0.1) is 13.7 Å². The molecule has 0 aliphatic heterocycles. The molecule has 1 atom stereocenters. The lowest BCUT2D eigenvalue weighted by atomic mass is 10.2. The van der Waals surface area contributed by atoms with Crippen LogP contribution in [0.3, 0.4) is 0 Å². The number of halogens is 1. The van der Waals surface area contributed by atoms with Crippen LogP contribution in [-0.2, 0) is 16.1 Å². The molecule has 4 nitrogen and oxygen atoms in total. The molecule has 106 valence electrons. The van der Waals surface area contributed by atoms with Gasteiger partial charge in [0.15, 0.2) is 0 Å². The Hall–Kier alpha value is -1.11. The first-order valence-corrected chi connectivity index (χ1v) is 7.07. The normalized spacial score (nSPS) is 12.2. The predicted octanol–water partition coefficient (Wildman–Crippen LogP) is 1.18. The molecular weight excluding hydrogens is 269 g/mol. The second-order valence-electron chi connectivity index (χ2n) is 3.88. The highest BCUT2D eigenvalue weighted by molar-refractivity contribution is 7.99. The molecule has 0 heterocycles. The van der Waals surface area contributed by atoms with E-state index in [2.05, 4.69) is 5.32 Å². The highest BCUT2D eigenvalue weighted by atomic mass is 32.2. The molecule has 1 rings (SSSR count). The van der Waals surface area contributed by atoms with E-state index in [4.69, 9.17) is 9.84 Å². The Morgan fingerprint density at radius 3 is 2.74 bits per heavy atom. The minimum atomic E-state index is -0.438. The third-order valence-electron chi connectivity index (χ3n) is 2.47. The Balaban J connectivity index is 2.47. The van der Waals surface area contributed by atoms with Crippen LogP contribution in [0.1, 0.15) is 5.56 Å². The minimum absolute atomic E-state index is 0.0799. The van der Waals surface area contributed by atoms with E-state index in [0.29, 0.717) is 18.1 Å². The first-order valence-electron chi connectivity index (χ1n) is 5.91. The highest BCUT2D eigenvalue weighted by Gasteiger charge is 2.18. The SMILES string of the molecule is COC(=O)[C@H](CSCCO)NCc1ccc(F)cc1. The van der Waals surface area contributed by atoms with Gasteiger partial charge in [-0.25, -0.2) is 4.39 Å². The number of methoxy groups -OCH3 is 1. The summed E-state index contributed by atoms with van der Waals surface area (Å²) in [6.07, 6.45) is 0. The van der Waals surface area contributed by atoms with Crippen molar-refractivity contribution in [1.82, 2.24) is 5.32 Å². The maximum atomic E-state index is 12.8. The van der Waals surface area contributed by atoms with Crippen LogP contribution in [0.25, 0.3) is 0 Å². The number of nitrogens with one attached hydrogen (secondary N) is 1. The van der Waals surface area contributed by atoms with Gasteiger partial charge in [-0.05, 0) is 17.7 Å². The van der Waals surface area contributed by atoms with Crippen molar-refractivity contribution in [2.75, 3.05) is 25.2 Å². The standard InChI is InChI=1S/C13H18FNO3S/c1-18-13(17)12(9-19-7-6-16)15-8-10-2-4-11(14)5-3-10/h2-5,12,15-16H,6-9H2,1H3/t12-/m0/s1. The van der Waals surface area contributed by atoms with Crippen LogP contribution >= 0.6 is 11.8 Å². The van der Waals surface area contributed by atoms with Crippen molar-refractivity contribution in [3.8, 4) is 0 Å². The summed E-state index contributed by atoms with van der Waals surface area (Å²) in [6, 6.07) is 5.65. The van der Waals surface area contributed by atoms with Gasteiger partial charge in [0.25, 0.3) is 0 Å². The van der Waals surface area contributed by atoms with E-state index in [0.717, 1.165) is 5.56 Å². The smallest absolute Gasteiger partial charge is 0.323 e. The lowest BCUT2D eigenvalue weighted by Crippen LogP contribution is -2.39. The van der Waals surface area contributed by atoms with Crippen LogP contribution in [0, 0.1) is 5.82 Å². The predicted molar refractivity (Wildman–Crippen MR) is 73.5 cm³/mol. The second kappa shape index (κ2) is 8.90. The van der Waals surface area contributed by atoms with Crippen molar-refractivity contribution < 1.29 is 19.0 Å². The van der Waals surface area contributed by atoms with Crippen LogP contribution in [0.5, 0.6) is 0 Å². The monoisotopic (exact) mass is 287 g/mol. The first kappa shape index (κ1) is 15.9. The number of hydrogen-bond donors (Lipinski definition) is 2. The second-order valence-corrected chi connectivity index (χ2v) is 5.03. The van der Waals surface area contributed by atoms with Gasteiger partial charge in [0.1, 0.15) is 11.9 Å². The highest BCUT2D eigenvalue weighted by Crippen LogP contribution is 2.06. The molecule has 0 unspecified atom stereocenters. The lowest BCUT2D eigenvalue weighted by Gasteiger charge is -2.16. The Bertz CT molecular complexity index is 386. The van der Waals surface area contributed by atoms with Crippen molar-refractivity contribution in [3.05, 3.63) is 35.6 Å². The van der Waals surface area contributed by atoms with Crippen molar-refractivity contribution in [3.63, 3.8) is 0 Å². The molecule has 0 aliphatic carbocycles. The van der Waals surface area contributed by atoms with E-state index in [9.17, 15) is 9.18 Å². The lowest BCUT2D eigenvalue weighted by molar-refractivity contribution is -0.142. The molecule has 0 aromatic heterocycles. The molecule has 0 aliphatic rings. The summed E-state index contributed by atoms with van der Waals surface area (Å²) in [7, 11) is 1.34. The number of carbonyl (C=O) groups excluding carboxylic acids is 1. The number of ether oxygens (including phenoxy) is 1. The van der Waals surface area contributed by atoms with Gasteiger partial charge in [-0.1, -0.05) is 12.1 Å². The van der Waals surface area contributed by atoms with Crippen molar-refractivity contribution in [1.29, 1.82) is 0 Å². The number of carbonyl (C=O) groups is 1. The molecule has 0 fully saturated rings. The largest absolute Gasteiger partial charge is 0.468 e. The van der Waals surface area contributed by atoms with Crippen LogP contribution in [0.4, 0.5) is 4.39 Å². The van der Waals surface area contributed by atoms with E-state index >= 15 is 0 Å². The van der Waals surface area contributed by atoms with Crippen molar-refractivity contribution in [2.24, 2.45) is 0 Å². The molecule has 0 saturated carbocycles. The summed E-state index contributed by atoms with van der Waals surface area (Å²) in [5.41, 5.74) is 0.891. The Kier molecular flexibility index (Phi) is 7.47. The third kappa shape index (κ3) is 6.04. The summed E-state index contributed by atoms with van der Waals surface area (Å²) in [5, 5.41) is 11.8. The van der Waals surface area contributed by atoms with Crippen LogP contribution in [-0.4, -0.2) is 42.3 Å². The molecule has 0 radical (unpaired) electrons. The third-order valence-corrected chi connectivity index (χ3v) is 3.51. The molecule has 2 N–H and O–H groups in total. The summed E-state index contributed by atoms with van der Waals surface area (Å²) in [6.45, 7) is 0.538. The van der Waals surface area contributed by atoms with E-state index in [1.807, 2.05) is 0 Å². The molecule has 0 bridgehead atoms. The van der Waals surface area contributed by atoms with E-state index in [-0.39, 0.29) is 18.4 Å². The van der Waals surface area contributed by atoms with Gasteiger partial charge in [0.2, 0.25) is 0 Å². The average Bonchev–Trinajstić information content (AvgIpc) is 2.43. The van der Waals surface area contributed by atoms with E-state index in [1.165, 1.54) is 31.0 Å². The summed E-state index contributed by atoms with van der Waals surface area (Å²) < 4.78 is 17.5. The number of hydrogen-bond acceptors (Lipinski definition) is 5. The summed E-state index contributed by atoms with van der Waals surface area (Å²) in [4.78, 5) is 11.6. The number of aliphatic hydroxyl groups is 1. The van der Waals surface area contributed by atoms with Gasteiger partial charge in [-0.3, -0.25) is 10.1 Å². The van der Waals surface area contributed by atoms with Crippen LogP contribution in [0.2, 0.25) is 0 Å². The van der Waals surface area contributed by atoms with E-state index in [1.54, 1.807) is 12.1 Å². The zero-order valence-corrected chi connectivity index (χ0v) is 11.6. The number of esters is 1. The average molecular weight is 287 g/mol. The van der Waals surface area contributed by atoms with E-state index < -0.39 is 6.04 Å². The van der Waals surface area contributed by atoms with Gasteiger partial charge in [-0.2, -0.15) is 11.8 Å². The molecule has 0 saturated heterocycles. The minimum Gasteiger partial charge on any atom is -0.468 e. The first-order chi connectivity index (χ1) is 9.17. The summed E-state index contributed by atoms with van der Waals surface area (Å²) in [5.74, 6) is 0.472. The molecule has 6 heteroatoms. The van der Waals surface area contributed by atoms with Crippen LogP contribution < -0.4 is 5.32 Å². The summed E-state index contributed by atoms with van der Waals surface area (Å²) >= 11 is 1.47. The van der Waals surface area contributed by atoms with Gasteiger partial charge < -0.3 is 9.84 Å². The maximum Gasteiger partial charge on any atom is 0.323 e. The number of rotatable bonds is 8. The number of thioether (sulfide) groups is 1. The maximum absolute atomic E-state index is 12.8. The molecule has 1 aromatic carbocycles. The molecule has 19 heavy (non-hydrogen) atoms. The van der Waals surface area contributed by atoms with Crippen molar-refractivity contribution >= 4 is 17.7 Å². The topological polar surface area (TPSA) is 58.6 Å². The Labute approximate surface area is 116 Å². The molecule has 0 spiro atoms. The number of benzene rings is 1. The zero-order chi connectivity index (χ0) is 14.1. The number of aliphatic hydroxyl groups excluding tert-OH is 1. The van der Waals surface area contributed by atoms with Crippen molar-refractivity contribution in [2.45, 2.75) is 12.6 Å². The van der Waals surface area contributed by atoms with Gasteiger partial charge >= 0.3 is 5.97 Å². The quantitative estimate of drug-likeness (QED) is 0.555. The Morgan fingerprint density at radius 2 is 2.16 bits per heavy atom. The van der Waals surface area contributed by atoms with Gasteiger partial charge in [-0.15, -0.1) is 0 Å². The van der Waals surface area contributed by atoms with Crippen LogP contribution in [0.15, 0.2) is 24.3 Å². The fourth-order valence-electron chi connectivity index (χ4n) is 1.46. The van der Waals surface area contributed by atoms with Gasteiger partial charge in [0, 0.05) is 18.1 Å². The molecule has 0 amide bonds. The fourth-order valence-corrected chi connectivity index (χ4v) is 2.25. The molecule has 1 aromatic rings. The zero-order valence-electron chi connectivity index (χ0n) is 10.8. The molecular formula is C13H18FNO3S. The fraction of sp³-hybridized carbons (Fsp3) is 0.462.